The van der Waals surface area contributed by atoms with E-state index in [0.29, 0.717) is 28.4 Å². The van der Waals surface area contributed by atoms with Crippen LogP contribution in [-0.2, 0) is 22.4 Å². The van der Waals surface area contributed by atoms with E-state index in [2.05, 4.69) is 10.6 Å². The van der Waals surface area contributed by atoms with Gasteiger partial charge in [0.2, 0.25) is 5.91 Å². The van der Waals surface area contributed by atoms with Gasteiger partial charge in [0.15, 0.2) is 0 Å². The average molecular weight is 559 g/mol. The largest absolute Gasteiger partial charge is 0.462 e. The van der Waals surface area contributed by atoms with Crippen molar-refractivity contribution < 1.29 is 19.1 Å². The Balaban J connectivity index is 1.23. The van der Waals surface area contributed by atoms with Crippen molar-refractivity contribution >= 4 is 62.3 Å². The highest BCUT2D eigenvalue weighted by Gasteiger charge is 2.26. The molecule has 0 unspecified atom stereocenters. The Labute approximate surface area is 236 Å². The number of esters is 1. The summed E-state index contributed by atoms with van der Waals surface area (Å²) >= 11 is 2.87. The van der Waals surface area contributed by atoms with Crippen molar-refractivity contribution in [2.24, 2.45) is 0 Å². The number of rotatable bonds is 8. The summed E-state index contributed by atoms with van der Waals surface area (Å²) in [6, 6.07) is 21.0. The van der Waals surface area contributed by atoms with Gasteiger partial charge in [0.1, 0.15) is 5.00 Å². The maximum atomic E-state index is 12.9. The zero-order valence-electron chi connectivity index (χ0n) is 21.8. The lowest BCUT2D eigenvalue weighted by atomic mass is 10.1. The molecule has 1 aromatic heterocycles. The van der Waals surface area contributed by atoms with Crippen molar-refractivity contribution in [1.82, 2.24) is 0 Å². The van der Waals surface area contributed by atoms with E-state index in [1.807, 2.05) is 66.7 Å². The van der Waals surface area contributed by atoms with Crippen molar-refractivity contribution in [3.8, 4) is 0 Å². The molecule has 0 aliphatic heterocycles. The predicted molar refractivity (Wildman–Crippen MR) is 159 cm³/mol. The molecular formula is C31H30N2O4S2. The Bertz CT molecular complexity index is 1530. The molecule has 4 aromatic rings. The Morgan fingerprint density at radius 1 is 0.897 bits per heavy atom. The van der Waals surface area contributed by atoms with E-state index in [-0.39, 0.29) is 23.5 Å². The van der Waals surface area contributed by atoms with E-state index in [1.165, 1.54) is 28.0 Å². The number of anilines is 2. The maximum absolute atomic E-state index is 12.9. The van der Waals surface area contributed by atoms with Gasteiger partial charge < -0.3 is 15.4 Å². The number of thiophene rings is 1. The van der Waals surface area contributed by atoms with Crippen molar-refractivity contribution in [2.75, 3.05) is 23.0 Å². The summed E-state index contributed by atoms with van der Waals surface area (Å²) in [6.07, 6.45) is 5.03. The second kappa shape index (κ2) is 12.5. The van der Waals surface area contributed by atoms with Gasteiger partial charge in [-0.05, 0) is 79.3 Å². The van der Waals surface area contributed by atoms with Gasteiger partial charge in [-0.2, -0.15) is 0 Å². The van der Waals surface area contributed by atoms with E-state index in [0.717, 1.165) is 53.3 Å². The number of ether oxygens (including phenoxy) is 1. The highest BCUT2D eigenvalue weighted by atomic mass is 32.2. The summed E-state index contributed by atoms with van der Waals surface area (Å²) in [5, 5.41) is 8.60. The molecule has 200 valence electrons. The number of carbonyl (C=O) groups is 3. The van der Waals surface area contributed by atoms with Crippen LogP contribution in [0.1, 0.15) is 57.3 Å². The lowest BCUT2D eigenvalue weighted by molar-refractivity contribution is -0.113. The SMILES string of the molecule is CCOC(=O)c1c(NC(=O)CSc2cccc(NC(=O)c3ccc4ccccc4c3)c2)sc2c1CCCCC2. The lowest BCUT2D eigenvalue weighted by Crippen LogP contribution is -2.17. The lowest BCUT2D eigenvalue weighted by Gasteiger charge is -2.10. The van der Waals surface area contributed by atoms with Crippen LogP contribution in [0.25, 0.3) is 10.8 Å². The van der Waals surface area contributed by atoms with Crippen LogP contribution in [0, 0.1) is 0 Å². The zero-order chi connectivity index (χ0) is 27.2. The van der Waals surface area contributed by atoms with Gasteiger partial charge in [-0.1, -0.05) is 42.8 Å². The first-order valence-corrected chi connectivity index (χ1v) is 15.0. The highest BCUT2D eigenvalue weighted by Crippen LogP contribution is 2.38. The van der Waals surface area contributed by atoms with Crippen LogP contribution >= 0.6 is 23.1 Å². The van der Waals surface area contributed by atoms with Gasteiger partial charge in [0, 0.05) is 21.0 Å². The minimum absolute atomic E-state index is 0.174. The van der Waals surface area contributed by atoms with E-state index < -0.39 is 0 Å². The Hall–Kier alpha value is -3.62. The first-order chi connectivity index (χ1) is 19.0. The number of hydrogen-bond acceptors (Lipinski definition) is 6. The molecule has 39 heavy (non-hydrogen) atoms. The van der Waals surface area contributed by atoms with Crippen molar-refractivity contribution in [2.45, 2.75) is 43.9 Å². The fourth-order valence-electron chi connectivity index (χ4n) is 4.76. The summed E-state index contributed by atoms with van der Waals surface area (Å²) in [5.74, 6) is -0.570. The molecule has 0 atom stereocenters. The van der Waals surface area contributed by atoms with Gasteiger partial charge >= 0.3 is 5.97 Å². The smallest absolute Gasteiger partial charge is 0.341 e. The van der Waals surface area contributed by atoms with Gasteiger partial charge in [-0.25, -0.2) is 4.79 Å². The fraction of sp³-hybridized carbons (Fsp3) is 0.258. The van der Waals surface area contributed by atoms with Gasteiger partial charge in [0.05, 0.1) is 17.9 Å². The molecule has 1 aliphatic carbocycles. The van der Waals surface area contributed by atoms with Gasteiger partial charge in [-0.15, -0.1) is 23.1 Å². The van der Waals surface area contributed by atoms with E-state index in [9.17, 15) is 14.4 Å². The molecule has 5 rings (SSSR count). The number of aryl methyl sites for hydroxylation is 1. The van der Waals surface area contributed by atoms with Crippen LogP contribution in [0.15, 0.2) is 71.6 Å². The molecule has 2 amide bonds. The molecule has 0 spiro atoms. The number of fused-ring (bicyclic) bond motifs is 2. The topological polar surface area (TPSA) is 84.5 Å². The van der Waals surface area contributed by atoms with E-state index in [1.54, 1.807) is 6.92 Å². The molecule has 0 bridgehead atoms. The molecule has 0 saturated carbocycles. The van der Waals surface area contributed by atoms with Crippen LogP contribution in [0.4, 0.5) is 10.7 Å². The molecule has 6 nitrogen and oxygen atoms in total. The number of nitrogens with one attached hydrogen (secondary N) is 2. The summed E-state index contributed by atoms with van der Waals surface area (Å²) in [6.45, 7) is 2.08. The van der Waals surface area contributed by atoms with Crippen LogP contribution in [0.5, 0.6) is 0 Å². The number of hydrogen-bond donors (Lipinski definition) is 2. The van der Waals surface area contributed by atoms with E-state index >= 15 is 0 Å². The molecule has 3 aromatic carbocycles. The minimum atomic E-state index is -0.366. The summed E-state index contributed by atoms with van der Waals surface area (Å²) in [4.78, 5) is 40.6. The molecular weight excluding hydrogens is 528 g/mol. The molecule has 1 heterocycles. The molecule has 2 N–H and O–H groups in total. The third-order valence-electron chi connectivity index (χ3n) is 6.63. The third-order valence-corrected chi connectivity index (χ3v) is 8.83. The van der Waals surface area contributed by atoms with Gasteiger partial charge in [-0.3, -0.25) is 9.59 Å². The monoisotopic (exact) mass is 558 g/mol. The summed E-state index contributed by atoms with van der Waals surface area (Å²) in [7, 11) is 0. The number of amides is 2. The summed E-state index contributed by atoms with van der Waals surface area (Å²) < 4.78 is 5.32. The quantitative estimate of drug-likeness (QED) is 0.134. The van der Waals surface area contributed by atoms with E-state index in [4.69, 9.17) is 4.74 Å². The van der Waals surface area contributed by atoms with Crippen LogP contribution in [-0.4, -0.2) is 30.1 Å². The standard InChI is InChI=1S/C31H30N2O4S2/c1-2-37-31(36)28-25-13-4-3-5-14-26(25)39-30(28)33-27(34)19-38-24-12-8-11-23(18-24)32-29(35)22-16-15-20-9-6-7-10-21(20)17-22/h6-12,15-18H,2-5,13-14,19H2,1H3,(H,32,35)(H,33,34). The third kappa shape index (κ3) is 6.52. The molecule has 1 aliphatic rings. The normalized spacial score (nSPS) is 12.8. The Kier molecular flexibility index (Phi) is 8.64. The first-order valence-electron chi connectivity index (χ1n) is 13.2. The predicted octanol–water partition coefficient (Wildman–Crippen LogP) is 7.33. The van der Waals surface area contributed by atoms with Gasteiger partial charge in [0.25, 0.3) is 5.91 Å². The maximum Gasteiger partial charge on any atom is 0.341 e. The Morgan fingerprint density at radius 3 is 2.56 bits per heavy atom. The van der Waals surface area contributed by atoms with Crippen molar-refractivity contribution in [3.05, 3.63) is 88.3 Å². The first kappa shape index (κ1) is 27.0. The second-order valence-corrected chi connectivity index (χ2v) is 11.5. The van der Waals surface area contributed by atoms with Crippen LogP contribution < -0.4 is 10.6 Å². The summed E-state index contributed by atoms with van der Waals surface area (Å²) in [5.41, 5.74) is 2.80. The van der Waals surface area contributed by atoms with Crippen molar-refractivity contribution in [3.63, 3.8) is 0 Å². The number of thioether (sulfide) groups is 1. The number of benzene rings is 3. The molecule has 0 fully saturated rings. The highest BCUT2D eigenvalue weighted by molar-refractivity contribution is 8.00. The van der Waals surface area contributed by atoms with Crippen molar-refractivity contribution in [1.29, 1.82) is 0 Å². The zero-order valence-corrected chi connectivity index (χ0v) is 23.4. The second-order valence-electron chi connectivity index (χ2n) is 9.37. The van der Waals surface area contributed by atoms with Crippen LogP contribution in [0.2, 0.25) is 0 Å². The minimum Gasteiger partial charge on any atom is -0.462 e. The van der Waals surface area contributed by atoms with Crippen LogP contribution in [0.3, 0.4) is 0 Å². The average Bonchev–Trinajstić information content (AvgIpc) is 3.11. The Morgan fingerprint density at radius 2 is 1.72 bits per heavy atom. The molecule has 0 saturated heterocycles. The fourth-order valence-corrected chi connectivity index (χ4v) is 6.81. The molecule has 0 radical (unpaired) electrons. The number of carbonyl (C=O) groups excluding carboxylic acids is 3. The molecule has 8 heteroatoms.